The number of carboxylic acid groups (broad SMARTS) is 1. The number of quaternary nitrogens is 1. The fraction of sp³-hybridized carbons (Fsp3) is 0.455. The summed E-state index contributed by atoms with van der Waals surface area (Å²) < 4.78 is 5.21. The largest absolute Gasteiger partial charge is 0.550 e. The first-order valence-corrected chi connectivity index (χ1v) is 5.51. The number of carbonyl (C=O) groups excluding carboxylic acids is 2. The predicted molar refractivity (Wildman–Crippen MR) is 54.7 cm³/mol. The Morgan fingerprint density at radius 3 is 3.12 bits per heavy atom. The molecule has 1 fully saturated rings. The van der Waals surface area contributed by atoms with Gasteiger partial charge >= 0.3 is 0 Å². The van der Waals surface area contributed by atoms with Crippen molar-refractivity contribution in [3.8, 4) is 0 Å². The summed E-state index contributed by atoms with van der Waals surface area (Å²) in [6.45, 7) is 1.75. The Morgan fingerprint density at radius 2 is 2.47 bits per heavy atom. The van der Waals surface area contributed by atoms with Crippen molar-refractivity contribution in [3.63, 3.8) is 0 Å². The van der Waals surface area contributed by atoms with Crippen molar-refractivity contribution < 1.29 is 24.0 Å². The SMILES string of the molecule is O=C([O-])C[C@H]1C(=O)NCC[NH+]1Cc1ccco1. The van der Waals surface area contributed by atoms with E-state index in [0.717, 1.165) is 10.7 Å². The van der Waals surface area contributed by atoms with Crippen LogP contribution in [0.4, 0.5) is 0 Å². The van der Waals surface area contributed by atoms with Gasteiger partial charge in [-0.2, -0.15) is 0 Å². The molecule has 2 heterocycles. The summed E-state index contributed by atoms with van der Waals surface area (Å²) in [5, 5.41) is 13.3. The third kappa shape index (κ3) is 2.85. The molecule has 1 aliphatic rings. The number of hydrogen-bond acceptors (Lipinski definition) is 4. The van der Waals surface area contributed by atoms with E-state index in [4.69, 9.17) is 4.42 Å². The number of carbonyl (C=O) groups is 2. The molecule has 1 aliphatic heterocycles. The van der Waals surface area contributed by atoms with E-state index in [1.807, 2.05) is 6.07 Å². The number of amides is 1. The normalized spacial score (nSPS) is 24.4. The van der Waals surface area contributed by atoms with Crippen molar-refractivity contribution in [3.05, 3.63) is 24.2 Å². The van der Waals surface area contributed by atoms with E-state index >= 15 is 0 Å². The Bertz CT molecular complexity index is 402. The van der Waals surface area contributed by atoms with Crippen LogP contribution in [-0.2, 0) is 16.1 Å². The molecule has 92 valence electrons. The summed E-state index contributed by atoms with van der Waals surface area (Å²) in [7, 11) is 0. The molecule has 1 unspecified atom stereocenters. The Kier molecular flexibility index (Phi) is 3.43. The van der Waals surface area contributed by atoms with Gasteiger partial charge in [0.1, 0.15) is 6.54 Å². The van der Waals surface area contributed by atoms with E-state index in [1.54, 1.807) is 12.3 Å². The molecule has 0 saturated carbocycles. The molecule has 0 aliphatic carbocycles. The first kappa shape index (κ1) is 11.7. The van der Waals surface area contributed by atoms with Gasteiger partial charge in [-0.25, -0.2) is 0 Å². The Morgan fingerprint density at radius 1 is 1.65 bits per heavy atom. The van der Waals surface area contributed by atoms with Gasteiger partial charge in [0, 0.05) is 12.4 Å². The molecular formula is C11H14N2O4. The number of furan rings is 1. The van der Waals surface area contributed by atoms with Crippen LogP contribution in [0.15, 0.2) is 22.8 Å². The van der Waals surface area contributed by atoms with E-state index in [1.165, 1.54) is 0 Å². The summed E-state index contributed by atoms with van der Waals surface area (Å²) in [5.41, 5.74) is 0. The molecule has 17 heavy (non-hydrogen) atoms. The second kappa shape index (κ2) is 5.01. The molecule has 2 N–H and O–H groups in total. The van der Waals surface area contributed by atoms with Gasteiger partial charge in [0.2, 0.25) is 0 Å². The lowest BCUT2D eigenvalue weighted by atomic mass is 10.1. The predicted octanol–water partition coefficient (Wildman–Crippen LogP) is -2.70. The van der Waals surface area contributed by atoms with E-state index in [2.05, 4.69) is 5.32 Å². The number of hydrogen-bond donors (Lipinski definition) is 2. The summed E-state index contributed by atoms with van der Waals surface area (Å²) in [6, 6.07) is 2.99. The maximum atomic E-state index is 11.6. The fourth-order valence-electron chi connectivity index (χ4n) is 2.08. The first-order chi connectivity index (χ1) is 8.16. The molecule has 0 radical (unpaired) electrons. The number of rotatable bonds is 4. The van der Waals surface area contributed by atoms with E-state index < -0.39 is 12.0 Å². The number of nitrogens with one attached hydrogen (secondary N) is 2. The average molecular weight is 238 g/mol. The second-order valence-corrected chi connectivity index (χ2v) is 4.08. The zero-order chi connectivity index (χ0) is 12.3. The molecule has 1 amide bonds. The molecule has 6 heteroatoms. The molecule has 2 atom stereocenters. The monoisotopic (exact) mass is 238 g/mol. The summed E-state index contributed by atoms with van der Waals surface area (Å²) in [6.07, 6.45) is 1.30. The minimum atomic E-state index is -1.20. The van der Waals surface area contributed by atoms with Crippen LogP contribution in [0.3, 0.4) is 0 Å². The zero-order valence-electron chi connectivity index (χ0n) is 9.27. The van der Waals surface area contributed by atoms with Gasteiger partial charge < -0.3 is 24.5 Å². The molecular weight excluding hydrogens is 224 g/mol. The van der Waals surface area contributed by atoms with Crippen molar-refractivity contribution in [1.29, 1.82) is 0 Å². The Hall–Kier alpha value is -1.82. The standard InChI is InChI=1S/C11H14N2O4/c14-10(15)6-9-11(16)12-3-4-13(9)7-8-2-1-5-17-8/h1-2,5,9H,3-4,6-7H2,(H,12,16)(H,14,15)/t9-/m0/s1. The van der Waals surface area contributed by atoms with Crippen LogP contribution in [-0.4, -0.2) is 31.0 Å². The van der Waals surface area contributed by atoms with Crippen LogP contribution in [0.1, 0.15) is 12.2 Å². The molecule has 0 bridgehead atoms. The Balaban J connectivity index is 2.06. The summed E-state index contributed by atoms with van der Waals surface area (Å²) >= 11 is 0. The first-order valence-electron chi connectivity index (χ1n) is 5.51. The Labute approximate surface area is 98.2 Å². The van der Waals surface area contributed by atoms with E-state index in [9.17, 15) is 14.7 Å². The minimum Gasteiger partial charge on any atom is -0.550 e. The summed E-state index contributed by atoms with van der Waals surface area (Å²) in [4.78, 5) is 23.1. The molecule has 1 aromatic heterocycles. The van der Waals surface area contributed by atoms with Crippen LogP contribution >= 0.6 is 0 Å². The van der Waals surface area contributed by atoms with E-state index in [-0.39, 0.29) is 12.3 Å². The van der Waals surface area contributed by atoms with Gasteiger partial charge in [-0.05, 0) is 12.1 Å². The van der Waals surface area contributed by atoms with Crippen molar-refractivity contribution in [1.82, 2.24) is 5.32 Å². The number of piperazine rings is 1. The van der Waals surface area contributed by atoms with Crippen molar-refractivity contribution in [2.75, 3.05) is 13.1 Å². The lowest BCUT2D eigenvalue weighted by Crippen LogP contribution is -3.18. The fourth-order valence-corrected chi connectivity index (χ4v) is 2.08. The van der Waals surface area contributed by atoms with Gasteiger partial charge in [0.25, 0.3) is 5.91 Å². The van der Waals surface area contributed by atoms with Crippen LogP contribution in [0.2, 0.25) is 0 Å². The highest BCUT2D eigenvalue weighted by Gasteiger charge is 2.33. The van der Waals surface area contributed by atoms with Crippen molar-refractivity contribution in [2.24, 2.45) is 0 Å². The number of aliphatic carboxylic acids is 1. The third-order valence-electron chi connectivity index (χ3n) is 2.91. The molecule has 0 aromatic carbocycles. The van der Waals surface area contributed by atoms with Gasteiger partial charge in [0.15, 0.2) is 11.8 Å². The highest BCUT2D eigenvalue weighted by atomic mass is 16.4. The van der Waals surface area contributed by atoms with Gasteiger partial charge in [-0.3, -0.25) is 4.79 Å². The molecule has 2 rings (SSSR count). The van der Waals surface area contributed by atoms with Gasteiger partial charge in [-0.15, -0.1) is 0 Å². The van der Waals surface area contributed by atoms with Crippen LogP contribution < -0.4 is 15.3 Å². The van der Waals surface area contributed by atoms with E-state index in [0.29, 0.717) is 19.6 Å². The lowest BCUT2D eigenvalue weighted by molar-refractivity contribution is -0.931. The average Bonchev–Trinajstić information content (AvgIpc) is 2.75. The topological polar surface area (TPSA) is 86.8 Å². The second-order valence-electron chi connectivity index (χ2n) is 4.08. The quantitative estimate of drug-likeness (QED) is 0.597. The lowest BCUT2D eigenvalue weighted by Gasteiger charge is -2.31. The zero-order valence-corrected chi connectivity index (χ0v) is 9.27. The molecule has 0 spiro atoms. The highest BCUT2D eigenvalue weighted by molar-refractivity contribution is 5.84. The highest BCUT2D eigenvalue weighted by Crippen LogP contribution is 1.99. The summed E-state index contributed by atoms with van der Waals surface area (Å²) in [5.74, 6) is -0.691. The van der Waals surface area contributed by atoms with Crippen LogP contribution in [0.5, 0.6) is 0 Å². The maximum absolute atomic E-state index is 11.6. The smallest absolute Gasteiger partial charge is 0.278 e. The van der Waals surface area contributed by atoms with Crippen LogP contribution in [0, 0.1) is 0 Å². The van der Waals surface area contributed by atoms with Gasteiger partial charge in [-0.1, -0.05) is 0 Å². The maximum Gasteiger partial charge on any atom is 0.278 e. The molecule has 1 saturated heterocycles. The molecule has 1 aromatic rings. The van der Waals surface area contributed by atoms with Crippen molar-refractivity contribution >= 4 is 11.9 Å². The third-order valence-corrected chi connectivity index (χ3v) is 2.91. The molecule has 6 nitrogen and oxygen atoms in total. The minimum absolute atomic E-state index is 0.234. The van der Waals surface area contributed by atoms with Crippen LogP contribution in [0.25, 0.3) is 0 Å². The van der Waals surface area contributed by atoms with Gasteiger partial charge in [0.05, 0.1) is 19.4 Å². The van der Waals surface area contributed by atoms with Crippen molar-refractivity contribution in [2.45, 2.75) is 19.0 Å². The number of carboxylic acids is 1.